The molecule has 128 valence electrons. The van der Waals surface area contributed by atoms with Crippen molar-refractivity contribution < 1.29 is 22.0 Å². The second-order valence-electron chi connectivity index (χ2n) is 4.50. The van der Waals surface area contributed by atoms with E-state index in [1.165, 1.54) is 6.07 Å². The minimum atomic E-state index is -4.47. The molecule has 0 fully saturated rings. The zero-order valence-corrected chi connectivity index (χ0v) is 12.2. The number of azo groups is 1. The van der Waals surface area contributed by atoms with Gasteiger partial charge in [-0.3, -0.25) is 5.43 Å². The van der Waals surface area contributed by atoms with Crippen LogP contribution in [0.1, 0.15) is 5.56 Å². The normalized spacial score (nSPS) is 12.2. The van der Waals surface area contributed by atoms with Gasteiger partial charge in [-0.15, -0.1) is 15.3 Å². The van der Waals surface area contributed by atoms with Gasteiger partial charge in [-0.25, -0.2) is 8.78 Å². The number of nitrogens with zero attached hydrogens (tertiary/aromatic N) is 4. The quantitative estimate of drug-likeness (QED) is 0.277. The van der Waals surface area contributed by atoms with Crippen LogP contribution in [0.5, 0.6) is 0 Å². The number of hydrazone groups is 1. The van der Waals surface area contributed by atoms with Crippen molar-refractivity contribution in [2.45, 2.75) is 6.18 Å². The van der Waals surface area contributed by atoms with Crippen LogP contribution in [-0.2, 0) is 6.18 Å². The van der Waals surface area contributed by atoms with Crippen LogP contribution in [0.25, 0.3) is 0 Å². The highest BCUT2D eigenvalue weighted by molar-refractivity contribution is 5.97. The summed E-state index contributed by atoms with van der Waals surface area (Å²) in [7, 11) is 0. The molecule has 5 nitrogen and oxygen atoms in total. The molecule has 0 spiro atoms. The Balaban J connectivity index is 2.13. The molecule has 0 saturated carbocycles. The first-order valence-electron chi connectivity index (χ1n) is 6.58. The van der Waals surface area contributed by atoms with Gasteiger partial charge in [-0.1, -0.05) is 6.07 Å². The van der Waals surface area contributed by atoms with E-state index in [-0.39, 0.29) is 5.69 Å². The van der Waals surface area contributed by atoms with Crippen molar-refractivity contribution in [3.05, 3.63) is 59.7 Å². The SMILES string of the molecule is N#C/C(N=Nc1c(F)cccc1F)=N\Nc1ccc(C(F)(F)F)cc1. The van der Waals surface area contributed by atoms with Crippen molar-refractivity contribution in [1.82, 2.24) is 0 Å². The summed E-state index contributed by atoms with van der Waals surface area (Å²) in [5, 5.41) is 18.9. The van der Waals surface area contributed by atoms with Crippen molar-refractivity contribution in [2.75, 3.05) is 5.43 Å². The van der Waals surface area contributed by atoms with Gasteiger partial charge in [-0.2, -0.15) is 18.4 Å². The smallest absolute Gasteiger partial charge is 0.276 e. The van der Waals surface area contributed by atoms with Crippen LogP contribution in [0.4, 0.5) is 33.3 Å². The van der Waals surface area contributed by atoms with E-state index >= 15 is 0 Å². The van der Waals surface area contributed by atoms with Gasteiger partial charge < -0.3 is 0 Å². The Morgan fingerprint density at radius 1 is 1.00 bits per heavy atom. The first kappa shape index (κ1) is 18.0. The summed E-state index contributed by atoms with van der Waals surface area (Å²) in [6.07, 6.45) is -4.47. The average Bonchev–Trinajstić information content (AvgIpc) is 2.56. The van der Waals surface area contributed by atoms with Crippen LogP contribution in [-0.4, -0.2) is 5.84 Å². The first-order chi connectivity index (χ1) is 11.8. The largest absolute Gasteiger partial charge is 0.416 e. The van der Waals surface area contributed by atoms with Crippen molar-refractivity contribution >= 4 is 17.2 Å². The summed E-state index contributed by atoms with van der Waals surface area (Å²) >= 11 is 0. The Morgan fingerprint density at radius 2 is 1.60 bits per heavy atom. The van der Waals surface area contributed by atoms with Crippen LogP contribution in [0, 0.1) is 23.0 Å². The summed E-state index contributed by atoms with van der Waals surface area (Å²) in [6.45, 7) is 0. The Labute approximate surface area is 138 Å². The zero-order chi connectivity index (χ0) is 18.4. The number of hydrogen-bond donors (Lipinski definition) is 1. The lowest BCUT2D eigenvalue weighted by molar-refractivity contribution is -0.137. The number of rotatable bonds is 3. The predicted octanol–water partition coefficient (Wildman–Crippen LogP) is 5.02. The third-order valence-corrected chi connectivity index (χ3v) is 2.79. The minimum absolute atomic E-state index is 0.146. The molecule has 2 aromatic carbocycles. The zero-order valence-electron chi connectivity index (χ0n) is 12.2. The molecule has 0 amide bonds. The van der Waals surface area contributed by atoms with Crippen molar-refractivity contribution in [2.24, 2.45) is 15.3 Å². The minimum Gasteiger partial charge on any atom is -0.276 e. The highest BCUT2D eigenvalue weighted by Crippen LogP contribution is 2.29. The third kappa shape index (κ3) is 4.81. The van der Waals surface area contributed by atoms with Crippen LogP contribution in [0.3, 0.4) is 0 Å². The number of halogens is 5. The van der Waals surface area contributed by atoms with E-state index in [1.54, 1.807) is 0 Å². The number of hydrogen-bond acceptors (Lipinski definition) is 4. The molecule has 0 saturated heterocycles. The van der Waals surface area contributed by atoms with E-state index in [1.807, 2.05) is 0 Å². The van der Waals surface area contributed by atoms with Crippen LogP contribution < -0.4 is 5.43 Å². The summed E-state index contributed by atoms with van der Waals surface area (Å²) in [6, 6.07) is 8.40. The van der Waals surface area contributed by atoms with Gasteiger partial charge in [0.15, 0.2) is 17.3 Å². The molecule has 0 radical (unpaired) electrons. The third-order valence-electron chi connectivity index (χ3n) is 2.79. The van der Waals surface area contributed by atoms with Gasteiger partial charge in [0.05, 0.1) is 11.3 Å². The molecule has 0 bridgehead atoms. The van der Waals surface area contributed by atoms with Gasteiger partial charge in [0.2, 0.25) is 0 Å². The fraction of sp³-hybridized carbons (Fsp3) is 0.0667. The molecule has 0 heterocycles. The van der Waals surface area contributed by atoms with E-state index < -0.39 is 34.9 Å². The highest BCUT2D eigenvalue weighted by atomic mass is 19.4. The Bertz CT molecular complexity index is 830. The second-order valence-corrected chi connectivity index (χ2v) is 4.50. The number of nitrogens with one attached hydrogen (secondary N) is 1. The van der Waals surface area contributed by atoms with E-state index in [9.17, 15) is 22.0 Å². The Morgan fingerprint density at radius 3 is 2.12 bits per heavy atom. The second kappa shape index (κ2) is 7.48. The summed E-state index contributed by atoms with van der Waals surface area (Å²) in [5.41, 5.74) is 0.899. The summed E-state index contributed by atoms with van der Waals surface area (Å²) in [5.74, 6) is -2.53. The molecule has 0 aliphatic heterocycles. The summed E-state index contributed by atoms with van der Waals surface area (Å²) < 4.78 is 64.0. The summed E-state index contributed by atoms with van der Waals surface area (Å²) in [4.78, 5) is 0. The predicted molar refractivity (Wildman–Crippen MR) is 79.0 cm³/mol. The maximum Gasteiger partial charge on any atom is 0.416 e. The van der Waals surface area contributed by atoms with Crippen molar-refractivity contribution in [1.29, 1.82) is 5.26 Å². The number of anilines is 1. The van der Waals surface area contributed by atoms with E-state index in [0.717, 1.165) is 42.5 Å². The lowest BCUT2D eigenvalue weighted by atomic mass is 10.2. The molecule has 0 unspecified atom stereocenters. The standard InChI is InChI=1S/C15H8F5N5/c16-11-2-1-3-12(17)14(11)25-24-13(8-21)23-22-10-6-4-9(5-7-10)15(18,19)20/h1-7,22H/b23-13+,25-24?. The highest BCUT2D eigenvalue weighted by Gasteiger charge is 2.29. The molecular formula is C15H8F5N5. The van der Waals surface area contributed by atoms with Crippen LogP contribution in [0.15, 0.2) is 57.8 Å². The lowest BCUT2D eigenvalue weighted by Gasteiger charge is -2.06. The molecule has 10 heteroatoms. The molecule has 0 aliphatic rings. The molecule has 1 N–H and O–H groups in total. The Hall–Kier alpha value is -3.35. The number of nitriles is 1. The van der Waals surface area contributed by atoms with Gasteiger partial charge in [0.1, 0.15) is 6.07 Å². The van der Waals surface area contributed by atoms with Gasteiger partial charge in [0, 0.05) is 0 Å². The fourth-order valence-corrected chi connectivity index (χ4v) is 1.60. The molecule has 0 aromatic heterocycles. The molecular weight excluding hydrogens is 345 g/mol. The molecule has 25 heavy (non-hydrogen) atoms. The van der Waals surface area contributed by atoms with E-state index in [4.69, 9.17) is 5.26 Å². The van der Waals surface area contributed by atoms with E-state index in [0.29, 0.717) is 0 Å². The fourth-order valence-electron chi connectivity index (χ4n) is 1.60. The molecule has 0 aliphatic carbocycles. The number of benzene rings is 2. The maximum absolute atomic E-state index is 13.4. The Kier molecular flexibility index (Phi) is 5.38. The maximum atomic E-state index is 13.4. The van der Waals surface area contributed by atoms with Gasteiger partial charge in [0.25, 0.3) is 5.84 Å². The van der Waals surface area contributed by atoms with Crippen LogP contribution >= 0.6 is 0 Å². The molecule has 2 rings (SSSR count). The van der Waals surface area contributed by atoms with Gasteiger partial charge in [-0.05, 0) is 36.4 Å². The van der Waals surface area contributed by atoms with Crippen molar-refractivity contribution in [3.63, 3.8) is 0 Å². The first-order valence-corrected chi connectivity index (χ1v) is 6.58. The molecule has 2 aromatic rings. The number of amidine groups is 1. The van der Waals surface area contributed by atoms with Crippen LogP contribution in [0.2, 0.25) is 0 Å². The lowest BCUT2D eigenvalue weighted by Crippen LogP contribution is -2.04. The van der Waals surface area contributed by atoms with E-state index in [2.05, 4.69) is 20.8 Å². The topological polar surface area (TPSA) is 72.9 Å². The number of alkyl halides is 3. The van der Waals surface area contributed by atoms with Gasteiger partial charge >= 0.3 is 6.18 Å². The van der Waals surface area contributed by atoms with Crippen molar-refractivity contribution in [3.8, 4) is 6.07 Å². The average molecular weight is 353 g/mol. The monoisotopic (exact) mass is 353 g/mol. The molecule has 0 atom stereocenters.